The summed E-state index contributed by atoms with van der Waals surface area (Å²) in [5.41, 5.74) is 4.97. The highest BCUT2D eigenvalue weighted by Crippen LogP contribution is 2.41. The molecule has 0 amide bonds. The van der Waals surface area contributed by atoms with Crippen molar-refractivity contribution in [3.8, 4) is 0 Å². The van der Waals surface area contributed by atoms with Crippen LogP contribution in [-0.2, 0) is 6.42 Å². The summed E-state index contributed by atoms with van der Waals surface area (Å²) < 4.78 is 0. The Morgan fingerprint density at radius 2 is 1.89 bits per heavy atom. The van der Waals surface area contributed by atoms with Crippen LogP contribution in [0.3, 0.4) is 0 Å². The van der Waals surface area contributed by atoms with Crippen molar-refractivity contribution in [3.63, 3.8) is 0 Å². The van der Waals surface area contributed by atoms with Crippen molar-refractivity contribution in [1.82, 2.24) is 4.98 Å². The number of nitrogens with zero attached hydrogens (tertiary/aromatic N) is 4. The fourth-order valence-corrected chi connectivity index (χ4v) is 3.94. The Labute approximate surface area is 164 Å². The molecule has 5 nitrogen and oxygen atoms in total. The zero-order valence-electron chi connectivity index (χ0n) is 16.4. The second-order valence-corrected chi connectivity index (χ2v) is 7.70. The van der Waals surface area contributed by atoms with E-state index in [0.717, 1.165) is 40.0 Å². The summed E-state index contributed by atoms with van der Waals surface area (Å²) >= 11 is 1.38. The number of aldehydes is 1. The van der Waals surface area contributed by atoms with Gasteiger partial charge in [0.1, 0.15) is 4.83 Å². The maximum atomic E-state index is 11.6. The number of fused-ring (bicyclic) bond motifs is 1. The molecule has 0 spiro atoms. The summed E-state index contributed by atoms with van der Waals surface area (Å²) in [5.74, 6) is 0. The molecule has 3 rings (SSSR count). The van der Waals surface area contributed by atoms with Gasteiger partial charge in [-0.25, -0.2) is 9.98 Å². The van der Waals surface area contributed by atoms with Gasteiger partial charge >= 0.3 is 0 Å². The smallest absolute Gasteiger partial charge is 0.162 e. The van der Waals surface area contributed by atoms with Crippen molar-refractivity contribution >= 4 is 51.2 Å². The molecule has 0 aliphatic heterocycles. The number of aromatic nitrogens is 1. The molecule has 0 saturated heterocycles. The molecule has 2 heterocycles. The highest BCUT2D eigenvalue weighted by molar-refractivity contribution is 7.21. The molecule has 0 aliphatic carbocycles. The van der Waals surface area contributed by atoms with E-state index in [1.54, 1.807) is 6.34 Å². The number of aryl methyl sites for hydroxylation is 2. The standard InChI is InChI=1S/C21H24N4OS/c1-6-15-7-9-16(10-8-15)25(5)13-22-20-18(12-26)27-21-19(20)17(24(3)4)11-14(2)23-21/h7-13H,6H2,1-5H3. The molecule has 27 heavy (non-hydrogen) atoms. The van der Waals surface area contributed by atoms with E-state index in [-0.39, 0.29) is 0 Å². The molecule has 1 aromatic carbocycles. The zero-order chi connectivity index (χ0) is 19.6. The third-order valence-electron chi connectivity index (χ3n) is 4.47. The average Bonchev–Trinajstić information content (AvgIpc) is 3.02. The first-order chi connectivity index (χ1) is 12.9. The number of hydrogen-bond acceptors (Lipinski definition) is 5. The first-order valence-corrected chi connectivity index (χ1v) is 9.68. The molecule has 6 heteroatoms. The van der Waals surface area contributed by atoms with Crippen LogP contribution in [0.2, 0.25) is 0 Å². The monoisotopic (exact) mass is 380 g/mol. The van der Waals surface area contributed by atoms with Crippen LogP contribution in [0.4, 0.5) is 17.1 Å². The van der Waals surface area contributed by atoms with Gasteiger partial charge in [0, 0.05) is 32.5 Å². The quantitative estimate of drug-likeness (QED) is 0.349. The van der Waals surface area contributed by atoms with Gasteiger partial charge in [-0.3, -0.25) is 4.79 Å². The molecule has 3 aromatic rings. The molecule has 0 atom stereocenters. The van der Waals surface area contributed by atoms with Crippen LogP contribution in [0, 0.1) is 6.92 Å². The van der Waals surface area contributed by atoms with Gasteiger partial charge in [0.15, 0.2) is 6.29 Å². The second kappa shape index (κ2) is 7.88. The maximum absolute atomic E-state index is 11.6. The van der Waals surface area contributed by atoms with Crippen LogP contribution in [0.5, 0.6) is 0 Å². The number of rotatable bonds is 6. The van der Waals surface area contributed by atoms with Crippen LogP contribution >= 0.6 is 11.3 Å². The van der Waals surface area contributed by atoms with E-state index >= 15 is 0 Å². The molecular formula is C21H24N4OS. The number of benzene rings is 1. The number of pyridine rings is 1. The Hall–Kier alpha value is -2.73. The lowest BCUT2D eigenvalue weighted by Crippen LogP contribution is -2.14. The number of carbonyl (C=O) groups excluding carboxylic acids is 1. The fraction of sp³-hybridized carbons (Fsp3) is 0.286. The summed E-state index contributed by atoms with van der Waals surface area (Å²) in [6.07, 6.45) is 3.64. The van der Waals surface area contributed by atoms with Gasteiger partial charge in [0.05, 0.1) is 28.0 Å². The van der Waals surface area contributed by atoms with Gasteiger partial charge in [-0.1, -0.05) is 19.1 Å². The predicted octanol–water partition coefficient (Wildman–Crippen LogP) is 4.84. The van der Waals surface area contributed by atoms with Crippen LogP contribution in [0.25, 0.3) is 10.2 Å². The molecule has 0 aliphatic rings. The van der Waals surface area contributed by atoms with Gasteiger partial charge in [-0.15, -0.1) is 11.3 Å². The van der Waals surface area contributed by atoms with Crippen molar-refractivity contribution in [2.75, 3.05) is 30.9 Å². The Bertz CT molecular complexity index is 990. The summed E-state index contributed by atoms with van der Waals surface area (Å²) in [5, 5.41) is 0.920. The zero-order valence-corrected chi connectivity index (χ0v) is 17.2. The number of carbonyl (C=O) groups is 1. The highest BCUT2D eigenvalue weighted by atomic mass is 32.1. The third kappa shape index (κ3) is 3.85. The number of thiophene rings is 1. The van der Waals surface area contributed by atoms with E-state index in [0.29, 0.717) is 10.6 Å². The highest BCUT2D eigenvalue weighted by Gasteiger charge is 2.17. The minimum atomic E-state index is 0.595. The number of aliphatic imine (C=N–C) groups is 1. The van der Waals surface area contributed by atoms with E-state index in [2.05, 4.69) is 41.2 Å². The third-order valence-corrected chi connectivity index (χ3v) is 5.47. The number of hydrogen-bond donors (Lipinski definition) is 0. The summed E-state index contributed by atoms with van der Waals surface area (Å²) in [7, 11) is 5.93. The summed E-state index contributed by atoms with van der Waals surface area (Å²) in [6, 6.07) is 10.4. The molecule has 0 bridgehead atoms. The van der Waals surface area contributed by atoms with Crippen molar-refractivity contribution in [2.24, 2.45) is 4.99 Å². The van der Waals surface area contributed by atoms with E-state index in [1.165, 1.54) is 16.9 Å². The summed E-state index contributed by atoms with van der Waals surface area (Å²) in [6.45, 7) is 4.10. The normalized spacial score (nSPS) is 11.3. The SMILES string of the molecule is CCc1ccc(N(C)C=Nc2c(C=O)sc3nc(C)cc(N(C)C)c23)cc1. The minimum absolute atomic E-state index is 0.595. The van der Waals surface area contributed by atoms with Crippen molar-refractivity contribution in [3.05, 3.63) is 46.5 Å². The Morgan fingerprint density at radius 1 is 1.19 bits per heavy atom. The largest absolute Gasteiger partial charge is 0.377 e. The van der Waals surface area contributed by atoms with Crippen molar-refractivity contribution in [2.45, 2.75) is 20.3 Å². The van der Waals surface area contributed by atoms with Crippen LogP contribution in [0.1, 0.15) is 27.9 Å². The van der Waals surface area contributed by atoms with E-state index in [1.807, 2.05) is 43.9 Å². The molecule has 0 saturated carbocycles. The first kappa shape index (κ1) is 19.0. The molecule has 0 fully saturated rings. The molecule has 0 unspecified atom stereocenters. The lowest BCUT2D eigenvalue weighted by Gasteiger charge is -2.16. The maximum Gasteiger partial charge on any atom is 0.162 e. The van der Waals surface area contributed by atoms with Crippen LogP contribution in [-0.4, -0.2) is 38.8 Å². The summed E-state index contributed by atoms with van der Waals surface area (Å²) in [4.78, 5) is 26.3. The molecule has 2 aromatic heterocycles. The lowest BCUT2D eigenvalue weighted by atomic mass is 10.1. The van der Waals surface area contributed by atoms with Gasteiger partial charge in [-0.2, -0.15) is 0 Å². The van der Waals surface area contributed by atoms with E-state index in [4.69, 9.17) is 0 Å². The molecular weight excluding hydrogens is 356 g/mol. The average molecular weight is 381 g/mol. The topological polar surface area (TPSA) is 48.8 Å². The van der Waals surface area contributed by atoms with E-state index in [9.17, 15) is 4.79 Å². The minimum Gasteiger partial charge on any atom is -0.377 e. The molecule has 140 valence electrons. The molecule has 0 N–H and O–H groups in total. The Balaban J connectivity index is 2.04. The predicted molar refractivity (Wildman–Crippen MR) is 116 cm³/mol. The van der Waals surface area contributed by atoms with Gasteiger partial charge in [0.25, 0.3) is 0 Å². The first-order valence-electron chi connectivity index (χ1n) is 8.87. The fourth-order valence-electron chi connectivity index (χ4n) is 2.94. The van der Waals surface area contributed by atoms with Gasteiger partial charge < -0.3 is 9.80 Å². The van der Waals surface area contributed by atoms with Crippen molar-refractivity contribution < 1.29 is 4.79 Å². The Kier molecular flexibility index (Phi) is 5.56. The van der Waals surface area contributed by atoms with E-state index < -0.39 is 0 Å². The second-order valence-electron chi connectivity index (χ2n) is 6.67. The van der Waals surface area contributed by atoms with Crippen LogP contribution in [0.15, 0.2) is 35.3 Å². The van der Waals surface area contributed by atoms with Gasteiger partial charge in [0.2, 0.25) is 0 Å². The van der Waals surface area contributed by atoms with Crippen molar-refractivity contribution in [1.29, 1.82) is 0 Å². The van der Waals surface area contributed by atoms with Gasteiger partial charge in [-0.05, 0) is 37.1 Å². The lowest BCUT2D eigenvalue weighted by molar-refractivity contribution is 0.112. The van der Waals surface area contributed by atoms with Crippen LogP contribution < -0.4 is 9.80 Å². The Morgan fingerprint density at radius 3 is 2.48 bits per heavy atom. The molecule has 0 radical (unpaired) electrons. The number of anilines is 2.